The van der Waals surface area contributed by atoms with Crippen molar-refractivity contribution < 1.29 is 0 Å². The molecule has 0 atom stereocenters. The Kier molecular flexibility index (Phi) is 7.93. The maximum Gasteiger partial charge on any atom is 0.0853 e. The van der Waals surface area contributed by atoms with Gasteiger partial charge >= 0.3 is 0 Å². The normalized spacial score (nSPS) is 12.2. The summed E-state index contributed by atoms with van der Waals surface area (Å²) in [6, 6.07) is 0. The number of allylic oxidation sites excluding steroid dienone is 1. The Labute approximate surface area is 128 Å². The quantitative estimate of drug-likeness (QED) is 0.551. The maximum absolute atomic E-state index is 6.43. The van der Waals surface area contributed by atoms with Crippen LogP contribution in [0.5, 0.6) is 0 Å². The molecule has 0 aliphatic carbocycles. The fourth-order valence-electron chi connectivity index (χ4n) is 2.24. The molecule has 1 aromatic heterocycles. The van der Waals surface area contributed by atoms with Crippen molar-refractivity contribution in [3.63, 3.8) is 0 Å². The molecule has 20 heavy (non-hydrogen) atoms. The van der Waals surface area contributed by atoms with Crippen LogP contribution in [0.15, 0.2) is 11.6 Å². The van der Waals surface area contributed by atoms with Crippen LogP contribution in [0.2, 0.25) is 5.02 Å². The van der Waals surface area contributed by atoms with E-state index in [4.69, 9.17) is 11.6 Å². The van der Waals surface area contributed by atoms with E-state index in [1.54, 1.807) is 0 Å². The minimum Gasteiger partial charge on any atom is -0.316 e. The van der Waals surface area contributed by atoms with Crippen LogP contribution in [0, 0.1) is 0 Å². The molecule has 1 heterocycles. The van der Waals surface area contributed by atoms with Gasteiger partial charge in [0.05, 0.1) is 16.4 Å². The molecule has 0 aliphatic rings. The average Bonchev–Trinajstić information content (AvgIpc) is 2.75. The number of rotatable bonds is 9. The summed E-state index contributed by atoms with van der Waals surface area (Å²) in [7, 11) is 0. The fraction of sp³-hybridized carbons (Fsp3) is 0.688. The highest BCUT2D eigenvalue weighted by Gasteiger charge is 2.14. The van der Waals surface area contributed by atoms with Gasteiger partial charge in [0.2, 0.25) is 0 Å². The van der Waals surface area contributed by atoms with Crippen molar-refractivity contribution in [1.82, 2.24) is 15.1 Å². The molecular weight excluding hydrogens is 270 g/mol. The van der Waals surface area contributed by atoms with Gasteiger partial charge in [-0.1, -0.05) is 37.1 Å². The smallest absolute Gasteiger partial charge is 0.0853 e. The van der Waals surface area contributed by atoms with Crippen molar-refractivity contribution in [1.29, 1.82) is 0 Å². The summed E-state index contributed by atoms with van der Waals surface area (Å²) < 4.78 is 2.04. The van der Waals surface area contributed by atoms with E-state index in [2.05, 4.69) is 44.2 Å². The van der Waals surface area contributed by atoms with E-state index in [1.165, 1.54) is 12.0 Å². The van der Waals surface area contributed by atoms with Gasteiger partial charge in [0, 0.05) is 13.0 Å². The molecule has 0 bridgehead atoms. The summed E-state index contributed by atoms with van der Waals surface area (Å²) in [6.07, 6.45) is 6.35. The zero-order valence-corrected chi connectivity index (χ0v) is 14.1. The first-order chi connectivity index (χ1) is 9.63. The zero-order valence-electron chi connectivity index (χ0n) is 13.3. The third kappa shape index (κ3) is 4.95. The molecule has 1 N–H and O–H groups in total. The summed E-state index contributed by atoms with van der Waals surface area (Å²) >= 11 is 6.43. The number of aryl methyl sites for hydroxylation is 2. The number of halogens is 1. The molecule has 0 fully saturated rings. The standard InChI is InChI=1S/C16H28ClN3/c1-5-10-18-11-8-9-13(4)12-15-16(17)14(6-2)19-20(15)7-3/h9,18H,5-8,10-12H2,1-4H3. The molecule has 0 radical (unpaired) electrons. The second-order valence-electron chi connectivity index (χ2n) is 5.14. The first-order valence-corrected chi connectivity index (χ1v) is 8.12. The topological polar surface area (TPSA) is 29.9 Å². The molecule has 0 aromatic carbocycles. The molecule has 0 amide bonds. The van der Waals surface area contributed by atoms with Gasteiger partial charge in [0.1, 0.15) is 0 Å². The minimum atomic E-state index is 0.853. The molecule has 0 saturated carbocycles. The van der Waals surface area contributed by atoms with Gasteiger partial charge in [-0.2, -0.15) is 5.10 Å². The second-order valence-corrected chi connectivity index (χ2v) is 5.52. The monoisotopic (exact) mass is 297 g/mol. The molecule has 0 aliphatic heterocycles. The van der Waals surface area contributed by atoms with Crippen LogP contribution in [-0.2, 0) is 19.4 Å². The first-order valence-electron chi connectivity index (χ1n) is 7.74. The van der Waals surface area contributed by atoms with E-state index in [1.807, 2.05) is 4.68 Å². The van der Waals surface area contributed by atoms with E-state index in [0.29, 0.717) is 0 Å². The highest BCUT2D eigenvalue weighted by Crippen LogP contribution is 2.24. The molecule has 0 unspecified atom stereocenters. The lowest BCUT2D eigenvalue weighted by atomic mass is 10.1. The Balaban J connectivity index is 2.62. The first kappa shape index (κ1) is 17.3. The van der Waals surface area contributed by atoms with Crippen molar-refractivity contribution in [2.45, 2.75) is 59.9 Å². The Morgan fingerprint density at radius 1 is 1.30 bits per heavy atom. The van der Waals surface area contributed by atoms with Gasteiger partial charge in [0.15, 0.2) is 0 Å². The number of hydrogen-bond acceptors (Lipinski definition) is 2. The van der Waals surface area contributed by atoms with Crippen LogP contribution in [0.3, 0.4) is 0 Å². The SMILES string of the molecule is CCCNCCC=C(C)Cc1c(Cl)c(CC)nn1CC. The lowest BCUT2D eigenvalue weighted by Crippen LogP contribution is -2.15. The van der Waals surface area contributed by atoms with Gasteiger partial charge in [-0.15, -0.1) is 0 Å². The molecule has 1 aromatic rings. The van der Waals surface area contributed by atoms with Crippen LogP contribution < -0.4 is 5.32 Å². The molecule has 0 spiro atoms. The van der Waals surface area contributed by atoms with E-state index in [0.717, 1.165) is 55.3 Å². The van der Waals surface area contributed by atoms with Gasteiger partial charge in [-0.05, 0) is 46.2 Å². The second kappa shape index (κ2) is 9.19. The molecule has 0 saturated heterocycles. The number of aromatic nitrogens is 2. The molecule has 114 valence electrons. The number of nitrogens with zero attached hydrogens (tertiary/aromatic N) is 2. The highest BCUT2D eigenvalue weighted by atomic mass is 35.5. The molecule has 3 nitrogen and oxygen atoms in total. The summed E-state index contributed by atoms with van der Waals surface area (Å²) in [5.41, 5.74) is 3.53. The van der Waals surface area contributed by atoms with Gasteiger partial charge in [0.25, 0.3) is 0 Å². The largest absolute Gasteiger partial charge is 0.316 e. The van der Waals surface area contributed by atoms with E-state index in [9.17, 15) is 0 Å². The Hall–Kier alpha value is -0.800. The van der Waals surface area contributed by atoms with Gasteiger partial charge in [-0.3, -0.25) is 4.68 Å². The van der Waals surface area contributed by atoms with Crippen molar-refractivity contribution in [2.24, 2.45) is 0 Å². The van der Waals surface area contributed by atoms with E-state index in [-0.39, 0.29) is 0 Å². The molecule has 4 heteroatoms. The minimum absolute atomic E-state index is 0.853. The lowest BCUT2D eigenvalue weighted by Gasteiger charge is -2.06. The fourth-order valence-corrected chi connectivity index (χ4v) is 2.58. The third-order valence-electron chi connectivity index (χ3n) is 3.38. The predicted octanol–water partition coefficient (Wildman–Crippen LogP) is 4.00. The van der Waals surface area contributed by atoms with Crippen molar-refractivity contribution in [3.05, 3.63) is 28.1 Å². The van der Waals surface area contributed by atoms with Gasteiger partial charge < -0.3 is 5.32 Å². The number of nitrogens with one attached hydrogen (secondary N) is 1. The van der Waals surface area contributed by atoms with Crippen LogP contribution in [0.1, 0.15) is 51.9 Å². The van der Waals surface area contributed by atoms with E-state index < -0.39 is 0 Å². The summed E-state index contributed by atoms with van der Waals surface area (Å²) in [5.74, 6) is 0. The average molecular weight is 298 g/mol. The highest BCUT2D eigenvalue weighted by molar-refractivity contribution is 6.31. The predicted molar refractivity (Wildman–Crippen MR) is 87.5 cm³/mol. The number of hydrogen-bond donors (Lipinski definition) is 1. The molecule has 1 rings (SSSR count). The van der Waals surface area contributed by atoms with Crippen molar-refractivity contribution in [2.75, 3.05) is 13.1 Å². The molecular formula is C16H28ClN3. The van der Waals surface area contributed by atoms with Crippen LogP contribution in [-0.4, -0.2) is 22.9 Å². The summed E-state index contributed by atoms with van der Waals surface area (Å²) in [6.45, 7) is 11.6. The van der Waals surface area contributed by atoms with Crippen molar-refractivity contribution in [3.8, 4) is 0 Å². The Bertz CT molecular complexity index is 435. The Morgan fingerprint density at radius 3 is 2.65 bits per heavy atom. The van der Waals surface area contributed by atoms with E-state index >= 15 is 0 Å². The van der Waals surface area contributed by atoms with Crippen molar-refractivity contribution >= 4 is 11.6 Å². The zero-order chi connectivity index (χ0) is 15.0. The van der Waals surface area contributed by atoms with Crippen LogP contribution in [0.25, 0.3) is 0 Å². The lowest BCUT2D eigenvalue weighted by molar-refractivity contribution is 0.619. The Morgan fingerprint density at radius 2 is 2.05 bits per heavy atom. The van der Waals surface area contributed by atoms with Gasteiger partial charge in [-0.25, -0.2) is 0 Å². The van der Waals surface area contributed by atoms with Crippen LogP contribution in [0.4, 0.5) is 0 Å². The summed E-state index contributed by atoms with van der Waals surface area (Å²) in [5, 5.41) is 8.83. The van der Waals surface area contributed by atoms with Crippen LogP contribution >= 0.6 is 11.6 Å². The maximum atomic E-state index is 6.43. The summed E-state index contributed by atoms with van der Waals surface area (Å²) in [4.78, 5) is 0. The third-order valence-corrected chi connectivity index (χ3v) is 3.82.